The van der Waals surface area contributed by atoms with Gasteiger partial charge in [-0.1, -0.05) is 56.3 Å². The standard InChI is InChI=1S/C44H63N11O13/c1-24(2)21-34(43(65)66)53-38(60)30(12-8-20-48-44(45)46)49-40(62)33(23-27-13-15-28(16-14-27)55(67)68)52-41(63)32(22-26-9-5-4-6-10-26)51-39(61)31(17-18-35(57)58)50-42(64)36(25(3)56)54-37(59)29-11-7-19-47-29/h4-6,9-10,13-16,24-25,29-34,36,47,56H,7-8,11-12,17-23H2,1-3H3,(H,49,62)(H,50,64)(H,51,61)(H,52,63)(H,53,60)(H,54,59)(H,57,58)(H,65,66)(H4,45,46,48). The van der Waals surface area contributed by atoms with E-state index in [2.05, 4.69) is 42.2 Å². The zero-order valence-electron chi connectivity index (χ0n) is 38.1. The van der Waals surface area contributed by atoms with Crippen LogP contribution in [0.5, 0.6) is 0 Å². The summed E-state index contributed by atoms with van der Waals surface area (Å²) in [6.07, 6.45) is -1.85. The van der Waals surface area contributed by atoms with Gasteiger partial charge in [0, 0.05) is 37.9 Å². The molecule has 1 aliphatic heterocycles. The summed E-state index contributed by atoms with van der Waals surface area (Å²) in [5.41, 5.74) is 11.5. The molecule has 2 aromatic carbocycles. The average molecular weight is 954 g/mol. The molecule has 1 saturated heterocycles. The number of aliphatic carboxylic acids is 2. The van der Waals surface area contributed by atoms with Gasteiger partial charge in [-0.2, -0.15) is 0 Å². The number of carboxylic acid groups (broad SMARTS) is 2. The molecule has 6 amide bonds. The van der Waals surface area contributed by atoms with E-state index in [9.17, 15) is 63.8 Å². The number of nitro groups is 1. The molecule has 68 heavy (non-hydrogen) atoms. The number of nitrogens with two attached hydrogens (primary N) is 2. The molecule has 8 unspecified atom stereocenters. The van der Waals surface area contributed by atoms with E-state index in [1.54, 1.807) is 44.2 Å². The van der Waals surface area contributed by atoms with Crippen molar-refractivity contribution in [2.75, 3.05) is 13.1 Å². The number of benzene rings is 2. The van der Waals surface area contributed by atoms with Crippen molar-refractivity contribution in [1.82, 2.24) is 37.2 Å². The van der Waals surface area contributed by atoms with Crippen molar-refractivity contribution in [3.8, 4) is 0 Å². The SMILES string of the molecule is CC(C)CC(NC(=O)C(CCCN=C(N)N)NC(=O)C(Cc1ccc([N+](=O)[O-])cc1)NC(=O)C(Cc1ccccc1)NC(=O)C(CCC(=O)O)NC(=O)C(NC(=O)C1CCCN1)C(C)O)C(=O)O. The topological polar surface area (TPSA) is 389 Å². The number of non-ortho nitro benzene ring substituents is 1. The molecular weight excluding hydrogens is 891 g/mol. The van der Waals surface area contributed by atoms with E-state index in [0.29, 0.717) is 30.5 Å². The van der Waals surface area contributed by atoms with E-state index in [4.69, 9.17) is 11.5 Å². The third-order valence-electron chi connectivity index (χ3n) is 10.8. The van der Waals surface area contributed by atoms with Gasteiger partial charge in [-0.15, -0.1) is 0 Å². The molecule has 0 aliphatic carbocycles. The fraction of sp³-hybridized carbons (Fsp3) is 0.523. The van der Waals surface area contributed by atoms with E-state index in [1.807, 2.05) is 0 Å². The third kappa shape index (κ3) is 18.9. The van der Waals surface area contributed by atoms with Crippen LogP contribution in [0.4, 0.5) is 5.69 Å². The number of aliphatic hydroxyl groups excluding tert-OH is 1. The smallest absolute Gasteiger partial charge is 0.326 e. The quantitative estimate of drug-likeness (QED) is 0.0151. The lowest BCUT2D eigenvalue weighted by atomic mass is 10.0. The zero-order valence-corrected chi connectivity index (χ0v) is 38.1. The number of hydrogen-bond donors (Lipinski definition) is 12. The van der Waals surface area contributed by atoms with Crippen molar-refractivity contribution < 1.29 is 58.6 Å². The highest BCUT2D eigenvalue weighted by Crippen LogP contribution is 2.15. The highest BCUT2D eigenvalue weighted by molar-refractivity contribution is 5.97. The second kappa shape index (κ2) is 27.4. The molecule has 24 heteroatoms. The van der Waals surface area contributed by atoms with Crippen LogP contribution in [0, 0.1) is 16.0 Å². The number of carbonyl (C=O) groups is 8. The number of aliphatic imine (C=N–C) groups is 1. The molecular formula is C44H63N11O13. The molecule has 2 aromatic rings. The van der Waals surface area contributed by atoms with Crippen LogP contribution in [0.25, 0.3) is 0 Å². The number of aliphatic hydroxyl groups is 1. The van der Waals surface area contributed by atoms with Crippen molar-refractivity contribution >= 4 is 59.0 Å². The monoisotopic (exact) mass is 953 g/mol. The Kier molecular flexibility index (Phi) is 22.2. The average Bonchev–Trinajstić information content (AvgIpc) is 3.83. The second-order valence-electron chi connectivity index (χ2n) is 16.8. The highest BCUT2D eigenvalue weighted by Gasteiger charge is 2.36. The van der Waals surface area contributed by atoms with Crippen LogP contribution >= 0.6 is 0 Å². The number of rotatable bonds is 28. The van der Waals surface area contributed by atoms with Gasteiger partial charge in [0.1, 0.15) is 36.3 Å². The molecule has 1 fully saturated rings. The van der Waals surface area contributed by atoms with Crippen LogP contribution in [0.3, 0.4) is 0 Å². The molecule has 0 bridgehead atoms. The lowest BCUT2D eigenvalue weighted by molar-refractivity contribution is -0.384. The number of hydrogen-bond acceptors (Lipinski definition) is 13. The highest BCUT2D eigenvalue weighted by atomic mass is 16.6. The van der Waals surface area contributed by atoms with Gasteiger partial charge in [0.2, 0.25) is 35.4 Å². The van der Waals surface area contributed by atoms with Crippen LogP contribution in [0.15, 0.2) is 59.6 Å². The minimum atomic E-state index is -1.63. The largest absolute Gasteiger partial charge is 0.481 e. The zero-order chi connectivity index (χ0) is 50.5. The molecule has 0 spiro atoms. The van der Waals surface area contributed by atoms with Crippen molar-refractivity contribution in [3.05, 3.63) is 75.8 Å². The van der Waals surface area contributed by atoms with Gasteiger partial charge >= 0.3 is 11.9 Å². The maximum absolute atomic E-state index is 14.5. The van der Waals surface area contributed by atoms with E-state index in [-0.39, 0.29) is 56.2 Å². The Bertz CT molecular complexity index is 2090. The summed E-state index contributed by atoms with van der Waals surface area (Å²) in [6, 6.07) is 3.70. The molecule has 8 atom stereocenters. The Morgan fingerprint density at radius 3 is 1.74 bits per heavy atom. The summed E-state index contributed by atoms with van der Waals surface area (Å²) in [6.45, 7) is 5.34. The first-order valence-electron chi connectivity index (χ1n) is 22.2. The Balaban J connectivity index is 2.01. The predicted molar refractivity (Wildman–Crippen MR) is 245 cm³/mol. The first kappa shape index (κ1) is 55.1. The van der Waals surface area contributed by atoms with Gasteiger partial charge < -0.3 is 64.0 Å². The second-order valence-corrected chi connectivity index (χ2v) is 16.8. The van der Waals surface area contributed by atoms with Crippen molar-refractivity contribution in [1.29, 1.82) is 0 Å². The van der Waals surface area contributed by atoms with Crippen molar-refractivity contribution in [2.24, 2.45) is 22.4 Å². The number of guanidine groups is 1. The minimum Gasteiger partial charge on any atom is -0.481 e. The summed E-state index contributed by atoms with van der Waals surface area (Å²) in [5.74, 6) is -8.44. The predicted octanol–water partition coefficient (Wildman–Crippen LogP) is -1.53. The molecule has 372 valence electrons. The first-order chi connectivity index (χ1) is 32.1. The van der Waals surface area contributed by atoms with Crippen LogP contribution in [0.1, 0.15) is 76.8 Å². The van der Waals surface area contributed by atoms with E-state index in [1.165, 1.54) is 31.2 Å². The molecule has 3 rings (SSSR count). The summed E-state index contributed by atoms with van der Waals surface area (Å²) >= 11 is 0. The van der Waals surface area contributed by atoms with Crippen LogP contribution < -0.4 is 48.7 Å². The van der Waals surface area contributed by atoms with E-state index >= 15 is 0 Å². The Morgan fingerprint density at radius 2 is 1.25 bits per heavy atom. The number of nitrogens with zero attached hydrogens (tertiary/aromatic N) is 2. The maximum Gasteiger partial charge on any atom is 0.326 e. The molecule has 1 heterocycles. The fourth-order valence-corrected chi connectivity index (χ4v) is 7.18. The Morgan fingerprint density at radius 1 is 0.735 bits per heavy atom. The summed E-state index contributed by atoms with van der Waals surface area (Å²) < 4.78 is 0. The van der Waals surface area contributed by atoms with E-state index in [0.717, 1.165) is 0 Å². The van der Waals surface area contributed by atoms with Gasteiger partial charge in [-0.05, 0) is 69.0 Å². The lowest BCUT2D eigenvalue weighted by Gasteiger charge is -2.28. The van der Waals surface area contributed by atoms with Crippen LogP contribution in [-0.2, 0) is 51.2 Å². The third-order valence-corrected chi connectivity index (χ3v) is 10.8. The van der Waals surface area contributed by atoms with Crippen molar-refractivity contribution in [2.45, 2.75) is 127 Å². The first-order valence-corrected chi connectivity index (χ1v) is 22.2. The number of nitrogens with one attached hydrogen (secondary N) is 7. The van der Waals surface area contributed by atoms with Gasteiger partial charge in [0.05, 0.1) is 17.1 Å². The molecule has 0 radical (unpaired) electrons. The Labute approximate surface area is 392 Å². The summed E-state index contributed by atoms with van der Waals surface area (Å²) in [7, 11) is 0. The van der Waals surface area contributed by atoms with Crippen LogP contribution in [0.2, 0.25) is 0 Å². The minimum absolute atomic E-state index is 0.0281. The lowest BCUT2D eigenvalue weighted by Crippen LogP contribution is -2.61. The summed E-state index contributed by atoms with van der Waals surface area (Å²) in [5, 5.41) is 59.3. The number of carbonyl (C=O) groups excluding carboxylic acids is 6. The number of nitro benzene ring substituents is 1. The fourth-order valence-electron chi connectivity index (χ4n) is 7.18. The molecule has 0 saturated carbocycles. The van der Waals surface area contributed by atoms with Gasteiger partial charge in [-0.3, -0.25) is 48.7 Å². The Hall–Kier alpha value is -7.21. The van der Waals surface area contributed by atoms with Gasteiger partial charge in [-0.25, -0.2) is 4.79 Å². The van der Waals surface area contributed by atoms with Crippen LogP contribution in [-0.4, -0.2) is 135 Å². The van der Waals surface area contributed by atoms with E-state index < -0.39 is 114 Å². The molecule has 24 nitrogen and oxygen atoms in total. The molecule has 1 aliphatic rings. The normalized spacial score (nSPS) is 16.3. The van der Waals surface area contributed by atoms with Gasteiger partial charge in [0.25, 0.3) is 5.69 Å². The summed E-state index contributed by atoms with van der Waals surface area (Å²) in [4.78, 5) is 121. The van der Waals surface area contributed by atoms with Crippen molar-refractivity contribution in [3.63, 3.8) is 0 Å². The number of amides is 6. The molecule has 0 aromatic heterocycles. The van der Waals surface area contributed by atoms with Gasteiger partial charge in [0.15, 0.2) is 5.96 Å². The molecule has 14 N–H and O–H groups in total. The number of carboxylic acids is 2. The maximum atomic E-state index is 14.5.